The van der Waals surface area contributed by atoms with E-state index in [0.29, 0.717) is 12.5 Å². The quantitative estimate of drug-likeness (QED) is 0.845. The number of carbonyl (C=O) groups is 1. The smallest absolute Gasteiger partial charge is 0.256 e. The zero-order valence-electron chi connectivity index (χ0n) is 14.7. The molecule has 0 bridgehead atoms. The zero-order chi connectivity index (χ0) is 16.9. The topological polar surface area (TPSA) is 47.6 Å². The number of hydrogen-bond acceptors (Lipinski definition) is 3. The highest BCUT2D eigenvalue weighted by Crippen LogP contribution is 2.36. The first-order chi connectivity index (χ1) is 10.9. The summed E-state index contributed by atoms with van der Waals surface area (Å²) in [5.74, 6) is 1.30. The van der Waals surface area contributed by atoms with E-state index in [0.717, 1.165) is 30.7 Å². The van der Waals surface area contributed by atoms with Crippen molar-refractivity contribution in [1.82, 2.24) is 0 Å². The first-order valence-corrected chi connectivity index (χ1v) is 8.67. The van der Waals surface area contributed by atoms with Gasteiger partial charge in [0.05, 0.1) is 6.10 Å². The molecule has 1 N–H and O–H groups in total. The average Bonchev–Trinajstić information content (AvgIpc) is 2.49. The van der Waals surface area contributed by atoms with Gasteiger partial charge in [0.15, 0.2) is 0 Å². The number of rotatable bonds is 6. The average molecular weight is 319 g/mol. The lowest BCUT2D eigenvalue weighted by Crippen LogP contribution is -2.48. The van der Waals surface area contributed by atoms with E-state index in [1.54, 1.807) is 0 Å². The molecule has 1 aromatic rings. The van der Waals surface area contributed by atoms with Gasteiger partial charge < -0.3 is 14.8 Å². The van der Waals surface area contributed by atoms with Gasteiger partial charge in [0.2, 0.25) is 0 Å². The van der Waals surface area contributed by atoms with Crippen LogP contribution in [0.4, 0.5) is 5.69 Å². The molecule has 128 valence electrons. The minimum absolute atomic E-state index is 0.0246. The summed E-state index contributed by atoms with van der Waals surface area (Å²) >= 11 is 0. The summed E-state index contributed by atoms with van der Waals surface area (Å²) in [5, 5.41) is 3.02. The van der Waals surface area contributed by atoms with Crippen molar-refractivity contribution in [3.8, 4) is 5.75 Å². The fourth-order valence-corrected chi connectivity index (χ4v) is 3.32. The molecule has 0 aliphatic heterocycles. The lowest BCUT2D eigenvalue weighted by atomic mass is 9.78. The van der Waals surface area contributed by atoms with Gasteiger partial charge in [-0.25, -0.2) is 0 Å². The maximum Gasteiger partial charge on any atom is 0.256 e. The Balaban J connectivity index is 2.06. The summed E-state index contributed by atoms with van der Waals surface area (Å²) in [5.41, 5.74) is 0.0999. The fourth-order valence-electron chi connectivity index (χ4n) is 3.32. The monoisotopic (exact) mass is 319 g/mol. The largest absolute Gasteiger partial charge is 0.491 e. The summed E-state index contributed by atoms with van der Waals surface area (Å²) in [7, 11) is 0. The normalized spacial score (nSPS) is 24.5. The van der Waals surface area contributed by atoms with Crippen LogP contribution in [0.2, 0.25) is 0 Å². The molecule has 4 heteroatoms. The maximum atomic E-state index is 12.8. The van der Waals surface area contributed by atoms with Crippen molar-refractivity contribution in [3.63, 3.8) is 0 Å². The van der Waals surface area contributed by atoms with Crippen LogP contribution in [0, 0.1) is 5.92 Å². The van der Waals surface area contributed by atoms with Gasteiger partial charge in [-0.05, 0) is 70.2 Å². The lowest BCUT2D eigenvalue weighted by Gasteiger charge is -2.38. The molecule has 0 saturated heterocycles. The van der Waals surface area contributed by atoms with Crippen LogP contribution < -0.4 is 10.1 Å². The van der Waals surface area contributed by atoms with E-state index in [9.17, 15) is 4.79 Å². The second-order valence-corrected chi connectivity index (χ2v) is 6.77. The summed E-state index contributed by atoms with van der Waals surface area (Å²) in [6, 6.07) is 7.52. The van der Waals surface area contributed by atoms with Crippen LogP contribution in [0.3, 0.4) is 0 Å². The minimum atomic E-state index is -0.681. The van der Waals surface area contributed by atoms with Gasteiger partial charge in [-0.2, -0.15) is 0 Å². The first-order valence-electron chi connectivity index (χ1n) is 8.67. The Morgan fingerprint density at radius 2 is 2.04 bits per heavy atom. The third-order valence-corrected chi connectivity index (χ3v) is 4.27. The van der Waals surface area contributed by atoms with Gasteiger partial charge in [0.25, 0.3) is 5.91 Å². The Bertz CT molecular complexity index is 508. The summed E-state index contributed by atoms with van der Waals surface area (Å²) in [4.78, 5) is 12.8. The molecule has 2 rings (SSSR count). The number of nitrogens with one attached hydrogen (secondary N) is 1. The third-order valence-electron chi connectivity index (χ3n) is 4.27. The lowest BCUT2D eigenvalue weighted by molar-refractivity contribution is -0.147. The van der Waals surface area contributed by atoms with Crippen LogP contribution in [0.5, 0.6) is 5.75 Å². The fraction of sp³-hybridized carbons (Fsp3) is 0.632. The highest BCUT2D eigenvalue weighted by Gasteiger charge is 2.42. The van der Waals surface area contributed by atoms with Gasteiger partial charge >= 0.3 is 0 Å². The predicted molar refractivity (Wildman–Crippen MR) is 92.8 cm³/mol. The zero-order valence-corrected chi connectivity index (χ0v) is 14.7. The van der Waals surface area contributed by atoms with Gasteiger partial charge in [-0.3, -0.25) is 4.79 Å². The number of hydrogen-bond donors (Lipinski definition) is 1. The molecular formula is C19H29NO3. The molecule has 0 aromatic heterocycles. The molecule has 1 aliphatic rings. The Morgan fingerprint density at radius 3 is 2.61 bits per heavy atom. The van der Waals surface area contributed by atoms with Gasteiger partial charge in [0, 0.05) is 12.3 Å². The van der Waals surface area contributed by atoms with Crippen LogP contribution in [-0.4, -0.2) is 24.2 Å². The van der Waals surface area contributed by atoms with Crippen LogP contribution in [0.25, 0.3) is 0 Å². The second-order valence-electron chi connectivity index (χ2n) is 6.77. The summed E-state index contributed by atoms with van der Waals surface area (Å²) < 4.78 is 11.5. The van der Waals surface area contributed by atoms with Crippen molar-refractivity contribution in [2.75, 3.05) is 11.9 Å². The highest BCUT2D eigenvalue weighted by molar-refractivity contribution is 5.97. The van der Waals surface area contributed by atoms with Crippen molar-refractivity contribution in [2.45, 2.75) is 65.1 Å². The molecule has 1 saturated carbocycles. The van der Waals surface area contributed by atoms with Crippen LogP contribution in [0.1, 0.15) is 53.4 Å². The van der Waals surface area contributed by atoms with E-state index in [-0.39, 0.29) is 12.0 Å². The summed E-state index contributed by atoms with van der Waals surface area (Å²) in [6.45, 7) is 8.68. The van der Waals surface area contributed by atoms with Crippen molar-refractivity contribution in [1.29, 1.82) is 0 Å². The molecular weight excluding hydrogens is 290 g/mol. The number of carbonyl (C=O) groups excluding carboxylic acids is 1. The predicted octanol–water partition coefficient (Wildman–Crippen LogP) is 4.40. The SMILES string of the molecule is CCO[C@@]1(C(=O)Nc2ccc(OC(C)C)cc2)CCC[C@H](C)C1. The number of ether oxygens (including phenoxy) is 2. The van der Waals surface area contributed by atoms with Crippen molar-refractivity contribution >= 4 is 11.6 Å². The standard InChI is InChI=1S/C19H29NO3/c1-5-22-19(12-6-7-15(4)13-19)18(21)20-16-8-10-17(11-9-16)23-14(2)3/h8-11,14-15H,5-7,12-13H2,1-4H3,(H,20,21)/t15-,19-/m0/s1. The second kappa shape index (κ2) is 7.82. The first kappa shape index (κ1) is 17.8. The van der Waals surface area contributed by atoms with Crippen LogP contribution >= 0.6 is 0 Å². The van der Waals surface area contributed by atoms with E-state index < -0.39 is 5.60 Å². The highest BCUT2D eigenvalue weighted by atomic mass is 16.5. The third kappa shape index (κ3) is 4.71. The molecule has 2 atom stereocenters. The summed E-state index contributed by atoms with van der Waals surface area (Å²) in [6.07, 6.45) is 3.94. The van der Waals surface area contributed by atoms with Crippen molar-refractivity contribution in [3.05, 3.63) is 24.3 Å². The van der Waals surface area contributed by atoms with Gasteiger partial charge in [-0.1, -0.05) is 13.3 Å². The molecule has 0 spiro atoms. The number of amides is 1. The van der Waals surface area contributed by atoms with E-state index in [2.05, 4.69) is 12.2 Å². The maximum absolute atomic E-state index is 12.8. The van der Waals surface area contributed by atoms with E-state index in [1.165, 1.54) is 6.42 Å². The van der Waals surface area contributed by atoms with Gasteiger partial charge in [0.1, 0.15) is 11.4 Å². The Labute approximate surface area is 139 Å². The van der Waals surface area contributed by atoms with Gasteiger partial charge in [-0.15, -0.1) is 0 Å². The molecule has 4 nitrogen and oxygen atoms in total. The molecule has 1 fully saturated rings. The minimum Gasteiger partial charge on any atom is -0.491 e. The molecule has 0 radical (unpaired) electrons. The molecule has 1 amide bonds. The van der Waals surface area contributed by atoms with Crippen molar-refractivity contribution < 1.29 is 14.3 Å². The molecule has 0 heterocycles. The Kier molecular flexibility index (Phi) is 6.05. The van der Waals surface area contributed by atoms with Crippen LogP contribution in [0.15, 0.2) is 24.3 Å². The number of anilines is 1. The molecule has 1 aromatic carbocycles. The Morgan fingerprint density at radius 1 is 1.35 bits per heavy atom. The molecule has 1 aliphatic carbocycles. The Hall–Kier alpha value is -1.55. The van der Waals surface area contributed by atoms with E-state index in [4.69, 9.17) is 9.47 Å². The van der Waals surface area contributed by atoms with Crippen LogP contribution in [-0.2, 0) is 9.53 Å². The number of benzene rings is 1. The molecule has 23 heavy (non-hydrogen) atoms. The van der Waals surface area contributed by atoms with E-state index in [1.807, 2.05) is 45.0 Å². The van der Waals surface area contributed by atoms with E-state index >= 15 is 0 Å². The molecule has 0 unspecified atom stereocenters. The van der Waals surface area contributed by atoms with Crippen molar-refractivity contribution in [2.24, 2.45) is 5.92 Å².